The van der Waals surface area contributed by atoms with Crippen LogP contribution in [0.4, 0.5) is 4.79 Å². The molecule has 0 aromatic carbocycles. The zero-order valence-corrected chi connectivity index (χ0v) is 11.7. The summed E-state index contributed by atoms with van der Waals surface area (Å²) in [5.41, 5.74) is -0.732. The first-order chi connectivity index (χ1) is 8.23. The lowest BCUT2D eigenvalue weighted by molar-refractivity contribution is -0.149. The minimum atomic E-state index is -0.746. The highest BCUT2D eigenvalue weighted by Gasteiger charge is 2.56. The zero-order valence-electron chi connectivity index (χ0n) is 10.9. The predicted molar refractivity (Wildman–Crippen MR) is 68.7 cm³/mol. The molecule has 2 aliphatic rings. The molecule has 1 N–H and O–H groups in total. The van der Waals surface area contributed by atoms with E-state index in [0.717, 1.165) is 5.75 Å². The quantitative estimate of drug-likeness (QED) is 0.787. The van der Waals surface area contributed by atoms with Gasteiger partial charge in [0.2, 0.25) is 0 Å². The Hall–Kier alpha value is -0.910. The molecular formula is C12H19NO4S. The molecule has 2 saturated heterocycles. The summed E-state index contributed by atoms with van der Waals surface area (Å²) in [6.07, 6.45) is -0.339. The third-order valence-corrected chi connectivity index (χ3v) is 4.72. The molecule has 1 amide bonds. The lowest BCUT2D eigenvalue weighted by Crippen LogP contribution is -2.63. The summed E-state index contributed by atoms with van der Waals surface area (Å²) >= 11 is 1.66. The molecule has 102 valence electrons. The van der Waals surface area contributed by atoms with E-state index in [4.69, 9.17) is 4.74 Å². The van der Waals surface area contributed by atoms with Crippen molar-refractivity contribution in [3.63, 3.8) is 0 Å². The maximum Gasteiger partial charge on any atom is 0.410 e. The van der Waals surface area contributed by atoms with E-state index >= 15 is 0 Å². The Balaban J connectivity index is 1.93. The van der Waals surface area contributed by atoms with Crippen molar-refractivity contribution in [2.45, 2.75) is 26.4 Å². The third-order valence-electron chi connectivity index (χ3n) is 3.37. The highest BCUT2D eigenvalue weighted by atomic mass is 32.2. The van der Waals surface area contributed by atoms with E-state index in [1.165, 1.54) is 0 Å². The standard InChI is InChI=1S/C12H19NO4S/c1-11(2,3)17-10(16)13-5-12(6-13)7-18-4-8(12)9(14)15/h8H,4-7H2,1-3H3,(H,14,15). The molecule has 2 aliphatic heterocycles. The number of carbonyl (C=O) groups excluding carboxylic acids is 1. The monoisotopic (exact) mass is 273 g/mol. The molecule has 0 saturated carbocycles. The highest BCUT2D eigenvalue weighted by Crippen LogP contribution is 2.48. The van der Waals surface area contributed by atoms with E-state index in [9.17, 15) is 14.7 Å². The van der Waals surface area contributed by atoms with Crippen LogP contribution in [-0.2, 0) is 9.53 Å². The van der Waals surface area contributed by atoms with Gasteiger partial charge in [-0.15, -0.1) is 0 Å². The van der Waals surface area contributed by atoms with Crippen LogP contribution in [0.5, 0.6) is 0 Å². The van der Waals surface area contributed by atoms with E-state index in [2.05, 4.69) is 0 Å². The summed E-state index contributed by atoms with van der Waals surface area (Å²) in [6, 6.07) is 0. The summed E-state index contributed by atoms with van der Waals surface area (Å²) in [5, 5.41) is 9.18. The average Bonchev–Trinajstić information content (AvgIpc) is 2.55. The summed E-state index contributed by atoms with van der Waals surface area (Å²) in [7, 11) is 0. The number of hydrogen-bond acceptors (Lipinski definition) is 4. The van der Waals surface area contributed by atoms with Crippen LogP contribution in [0.2, 0.25) is 0 Å². The number of amides is 1. The summed E-state index contributed by atoms with van der Waals surface area (Å²) in [6.45, 7) is 6.49. The van der Waals surface area contributed by atoms with Crippen molar-refractivity contribution in [3.05, 3.63) is 0 Å². The topological polar surface area (TPSA) is 66.8 Å². The van der Waals surface area contributed by atoms with Gasteiger partial charge in [-0.2, -0.15) is 11.8 Å². The fourth-order valence-corrected chi connectivity index (χ4v) is 4.11. The number of carbonyl (C=O) groups is 2. The second-order valence-electron chi connectivity index (χ2n) is 6.10. The fraction of sp³-hybridized carbons (Fsp3) is 0.833. The number of nitrogens with zero attached hydrogens (tertiary/aromatic N) is 1. The van der Waals surface area contributed by atoms with Crippen molar-refractivity contribution in [2.24, 2.45) is 11.3 Å². The van der Waals surface area contributed by atoms with E-state index in [0.29, 0.717) is 18.8 Å². The van der Waals surface area contributed by atoms with Crippen LogP contribution in [0.15, 0.2) is 0 Å². The van der Waals surface area contributed by atoms with Crippen molar-refractivity contribution in [1.82, 2.24) is 4.90 Å². The Bertz CT molecular complexity index is 371. The highest BCUT2D eigenvalue weighted by molar-refractivity contribution is 7.99. The molecular weight excluding hydrogens is 254 g/mol. The van der Waals surface area contributed by atoms with Crippen molar-refractivity contribution < 1.29 is 19.4 Å². The smallest absolute Gasteiger partial charge is 0.410 e. The Labute approximate surface area is 111 Å². The summed E-state index contributed by atoms with van der Waals surface area (Å²) < 4.78 is 5.27. The van der Waals surface area contributed by atoms with Crippen molar-refractivity contribution in [2.75, 3.05) is 24.6 Å². The molecule has 2 fully saturated rings. The fourth-order valence-electron chi connectivity index (χ4n) is 2.47. The van der Waals surface area contributed by atoms with Crippen molar-refractivity contribution >= 4 is 23.8 Å². The largest absolute Gasteiger partial charge is 0.481 e. The summed E-state index contributed by atoms with van der Waals surface area (Å²) in [4.78, 5) is 24.6. The summed E-state index contributed by atoms with van der Waals surface area (Å²) in [5.74, 6) is 0.394. The van der Waals surface area contributed by atoms with Crippen molar-refractivity contribution in [1.29, 1.82) is 0 Å². The Morgan fingerprint density at radius 1 is 1.39 bits per heavy atom. The van der Waals surface area contributed by atoms with Gasteiger partial charge in [0.25, 0.3) is 0 Å². The molecule has 1 unspecified atom stereocenters. The normalized spacial score (nSPS) is 25.9. The number of thioether (sulfide) groups is 1. The van der Waals surface area contributed by atoms with Gasteiger partial charge in [0.1, 0.15) is 5.60 Å². The van der Waals surface area contributed by atoms with Gasteiger partial charge in [-0.1, -0.05) is 0 Å². The molecule has 0 aromatic heterocycles. The van der Waals surface area contributed by atoms with Gasteiger partial charge in [-0.3, -0.25) is 4.79 Å². The number of aliphatic carboxylic acids is 1. The predicted octanol–water partition coefficient (Wildman–Crippen LogP) is 1.67. The van der Waals surface area contributed by atoms with E-state index in [1.807, 2.05) is 20.8 Å². The van der Waals surface area contributed by atoms with Gasteiger partial charge >= 0.3 is 12.1 Å². The van der Waals surface area contributed by atoms with Crippen LogP contribution in [0.1, 0.15) is 20.8 Å². The molecule has 0 radical (unpaired) electrons. The number of carboxylic acid groups (broad SMARTS) is 1. The SMILES string of the molecule is CC(C)(C)OC(=O)N1CC2(CSCC2C(=O)O)C1. The molecule has 2 heterocycles. The maximum atomic E-state index is 11.8. The number of likely N-dealkylation sites (tertiary alicyclic amines) is 1. The van der Waals surface area contributed by atoms with Gasteiger partial charge < -0.3 is 14.7 Å². The minimum absolute atomic E-state index is 0.229. The van der Waals surface area contributed by atoms with Gasteiger partial charge in [-0.05, 0) is 20.8 Å². The maximum absolute atomic E-state index is 11.8. The van der Waals surface area contributed by atoms with Crippen LogP contribution >= 0.6 is 11.8 Å². The zero-order chi connectivity index (χ0) is 13.6. The molecule has 2 rings (SSSR count). The van der Waals surface area contributed by atoms with E-state index in [-0.39, 0.29) is 17.4 Å². The molecule has 0 aliphatic carbocycles. The van der Waals surface area contributed by atoms with Gasteiger partial charge in [0, 0.05) is 30.0 Å². The molecule has 18 heavy (non-hydrogen) atoms. The Morgan fingerprint density at radius 3 is 2.50 bits per heavy atom. The molecule has 1 atom stereocenters. The number of hydrogen-bond donors (Lipinski definition) is 1. The molecule has 0 aromatic rings. The molecule has 1 spiro atoms. The van der Waals surface area contributed by atoms with Crippen LogP contribution in [0.3, 0.4) is 0 Å². The van der Waals surface area contributed by atoms with Crippen LogP contribution in [0.25, 0.3) is 0 Å². The van der Waals surface area contributed by atoms with E-state index in [1.54, 1.807) is 16.7 Å². The van der Waals surface area contributed by atoms with E-state index < -0.39 is 11.6 Å². The third kappa shape index (κ3) is 2.43. The van der Waals surface area contributed by atoms with Crippen LogP contribution in [-0.4, -0.2) is 52.3 Å². The molecule has 5 nitrogen and oxygen atoms in total. The number of carboxylic acids is 1. The first kappa shape index (κ1) is 13.5. The first-order valence-corrected chi connectivity index (χ1v) is 7.17. The minimum Gasteiger partial charge on any atom is -0.481 e. The van der Waals surface area contributed by atoms with Crippen LogP contribution in [0, 0.1) is 11.3 Å². The van der Waals surface area contributed by atoms with Gasteiger partial charge in [0.05, 0.1) is 5.92 Å². The van der Waals surface area contributed by atoms with Gasteiger partial charge in [-0.25, -0.2) is 4.79 Å². The van der Waals surface area contributed by atoms with Gasteiger partial charge in [0.15, 0.2) is 0 Å². The van der Waals surface area contributed by atoms with Crippen molar-refractivity contribution in [3.8, 4) is 0 Å². The average molecular weight is 273 g/mol. The Kier molecular flexibility index (Phi) is 3.25. The second kappa shape index (κ2) is 4.33. The Morgan fingerprint density at radius 2 is 2.00 bits per heavy atom. The first-order valence-electron chi connectivity index (χ1n) is 6.02. The second-order valence-corrected chi connectivity index (χ2v) is 7.13. The molecule has 0 bridgehead atoms. The lowest BCUT2D eigenvalue weighted by atomic mass is 9.72. The lowest BCUT2D eigenvalue weighted by Gasteiger charge is -2.49. The molecule has 6 heteroatoms. The number of ether oxygens (including phenoxy) is 1. The van der Waals surface area contributed by atoms with Crippen LogP contribution < -0.4 is 0 Å². The number of rotatable bonds is 1.